The second-order valence-corrected chi connectivity index (χ2v) is 9.11. The summed E-state index contributed by atoms with van der Waals surface area (Å²) in [6, 6.07) is 1.34. The van der Waals surface area contributed by atoms with E-state index in [1.165, 1.54) is 51.0 Å². The van der Waals surface area contributed by atoms with Crippen molar-refractivity contribution in [2.45, 2.75) is 64.5 Å². The van der Waals surface area contributed by atoms with Gasteiger partial charge in [-0.1, -0.05) is 75.9 Å². The molecule has 0 atom stereocenters. The van der Waals surface area contributed by atoms with E-state index in [0.717, 1.165) is 0 Å². The summed E-state index contributed by atoms with van der Waals surface area (Å²) in [5.74, 6) is 0. The molecule has 0 amide bonds. The predicted octanol–water partition coefficient (Wildman–Crippen LogP) is 5.27. The second kappa shape index (κ2) is 8.96. The lowest BCUT2D eigenvalue weighted by atomic mass is 10.1. The Morgan fingerprint density at radius 1 is 0.867 bits per heavy atom. The van der Waals surface area contributed by atoms with Gasteiger partial charge < -0.3 is 0 Å². The zero-order valence-corrected chi connectivity index (χ0v) is 11.7. The highest BCUT2D eigenvalue weighted by atomic mass is 28.3. The first-order valence-electron chi connectivity index (χ1n) is 6.45. The summed E-state index contributed by atoms with van der Waals surface area (Å²) in [6.07, 6.45) is 9.78. The molecule has 0 aromatic heterocycles. The Hall–Kier alpha value is -0.303. The zero-order chi connectivity index (χ0) is 11.6. The molecule has 0 bridgehead atoms. The van der Waals surface area contributed by atoms with Gasteiger partial charge in [-0.3, -0.25) is 0 Å². The summed E-state index contributed by atoms with van der Waals surface area (Å²) in [7, 11) is -1.24. The SMILES string of the molecule is C=C[Si](C)(C=C)CCCCCCCCC. The van der Waals surface area contributed by atoms with Gasteiger partial charge in [0.05, 0.1) is 8.07 Å². The van der Waals surface area contributed by atoms with Crippen molar-refractivity contribution in [2.75, 3.05) is 0 Å². The van der Waals surface area contributed by atoms with Crippen molar-refractivity contribution in [1.29, 1.82) is 0 Å². The normalized spacial score (nSPS) is 11.3. The molecule has 88 valence electrons. The largest absolute Gasteiger partial charge is 0.107 e. The molecule has 0 rings (SSSR count). The first-order valence-corrected chi connectivity index (χ1v) is 9.32. The molecule has 0 N–H and O–H groups in total. The molecule has 0 saturated heterocycles. The van der Waals surface area contributed by atoms with Gasteiger partial charge in [-0.25, -0.2) is 0 Å². The topological polar surface area (TPSA) is 0 Å². The third-order valence-corrected chi connectivity index (χ3v) is 6.55. The minimum absolute atomic E-state index is 1.24. The first kappa shape index (κ1) is 14.7. The maximum Gasteiger partial charge on any atom is 0.0973 e. The fourth-order valence-electron chi connectivity index (χ4n) is 1.75. The van der Waals surface area contributed by atoms with Gasteiger partial charge in [0, 0.05) is 0 Å². The van der Waals surface area contributed by atoms with Crippen LogP contribution in [0.3, 0.4) is 0 Å². The van der Waals surface area contributed by atoms with Crippen LogP contribution in [0.4, 0.5) is 0 Å². The van der Waals surface area contributed by atoms with Crippen LogP contribution in [0.1, 0.15) is 51.9 Å². The fraction of sp³-hybridized carbons (Fsp3) is 0.714. The highest BCUT2D eigenvalue weighted by Gasteiger charge is 2.17. The second-order valence-electron chi connectivity index (χ2n) is 4.79. The molecule has 15 heavy (non-hydrogen) atoms. The van der Waals surface area contributed by atoms with Crippen molar-refractivity contribution in [2.24, 2.45) is 0 Å². The van der Waals surface area contributed by atoms with E-state index in [1.807, 2.05) is 0 Å². The van der Waals surface area contributed by atoms with Crippen LogP contribution >= 0.6 is 0 Å². The molecule has 1 heteroatoms. The van der Waals surface area contributed by atoms with E-state index in [4.69, 9.17) is 0 Å². The van der Waals surface area contributed by atoms with Crippen molar-refractivity contribution in [1.82, 2.24) is 0 Å². The van der Waals surface area contributed by atoms with Crippen LogP contribution in [-0.4, -0.2) is 8.07 Å². The Kier molecular flexibility index (Phi) is 8.78. The van der Waals surface area contributed by atoms with Crippen molar-refractivity contribution >= 4 is 8.07 Å². The maximum absolute atomic E-state index is 3.93. The Labute approximate surface area is 97.5 Å². The Morgan fingerprint density at radius 2 is 1.33 bits per heavy atom. The highest BCUT2D eigenvalue weighted by molar-refractivity contribution is 6.87. The molecule has 0 aliphatic carbocycles. The Bertz CT molecular complexity index is 164. The summed E-state index contributed by atoms with van der Waals surface area (Å²) in [5, 5.41) is 0. The van der Waals surface area contributed by atoms with Crippen molar-refractivity contribution < 1.29 is 0 Å². The van der Waals surface area contributed by atoms with Crippen LogP contribution < -0.4 is 0 Å². The molecule has 0 spiro atoms. The van der Waals surface area contributed by atoms with Crippen molar-refractivity contribution in [3.8, 4) is 0 Å². The summed E-state index contributed by atoms with van der Waals surface area (Å²) in [5.41, 5.74) is 4.33. The zero-order valence-electron chi connectivity index (χ0n) is 10.7. The monoisotopic (exact) mass is 224 g/mol. The number of rotatable bonds is 10. The summed E-state index contributed by atoms with van der Waals surface area (Å²) >= 11 is 0. The minimum Gasteiger partial charge on any atom is -0.107 e. The highest BCUT2D eigenvalue weighted by Crippen LogP contribution is 2.17. The molecule has 0 saturated carbocycles. The lowest BCUT2D eigenvalue weighted by Gasteiger charge is -2.17. The van der Waals surface area contributed by atoms with Crippen LogP contribution in [0, 0.1) is 0 Å². The molecule has 0 aromatic carbocycles. The quantitative estimate of drug-likeness (QED) is 0.350. The molecule has 0 fully saturated rings. The lowest BCUT2D eigenvalue weighted by molar-refractivity contribution is 0.601. The van der Waals surface area contributed by atoms with E-state index in [9.17, 15) is 0 Å². The van der Waals surface area contributed by atoms with Crippen molar-refractivity contribution in [3.63, 3.8) is 0 Å². The molecule has 0 aliphatic rings. The molecule has 0 nitrogen and oxygen atoms in total. The van der Waals surface area contributed by atoms with Gasteiger partial charge in [-0.15, -0.1) is 13.2 Å². The predicted molar refractivity (Wildman–Crippen MR) is 74.8 cm³/mol. The molecule has 0 radical (unpaired) electrons. The van der Waals surface area contributed by atoms with Crippen molar-refractivity contribution in [3.05, 3.63) is 24.6 Å². The van der Waals surface area contributed by atoms with E-state index in [2.05, 4.69) is 38.0 Å². The third-order valence-electron chi connectivity index (χ3n) is 3.25. The lowest BCUT2D eigenvalue weighted by Crippen LogP contribution is -2.23. The number of unbranched alkanes of at least 4 members (excludes halogenated alkanes) is 6. The summed E-state index contributed by atoms with van der Waals surface area (Å²) < 4.78 is 0. The van der Waals surface area contributed by atoms with Crippen LogP contribution in [0.25, 0.3) is 0 Å². The van der Waals surface area contributed by atoms with Gasteiger partial charge in [-0.05, 0) is 0 Å². The fourth-order valence-corrected chi connectivity index (χ4v) is 3.34. The maximum atomic E-state index is 3.93. The summed E-state index contributed by atoms with van der Waals surface area (Å²) in [4.78, 5) is 0. The van der Waals surface area contributed by atoms with Gasteiger partial charge in [0.1, 0.15) is 0 Å². The molecule has 0 heterocycles. The molecule has 0 unspecified atom stereocenters. The van der Waals surface area contributed by atoms with Crippen LogP contribution in [0.15, 0.2) is 24.6 Å². The number of hydrogen-bond donors (Lipinski definition) is 0. The van der Waals surface area contributed by atoms with Crippen LogP contribution in [0.2, 0.25) is 12.6 Å². The minimum atomic E-state index is -1.24. The Morgan fingerprint density at radius 3 is 1.80 bits per heavy atom. The van der Waals surface area contributed by atoms with E-state index < -0.39 is 8.07 Å². The number of hydrogen-bond acceptors (Lipinski definition) is 0. The summed E-state index contributed by atoms with van der Waals surface area (Å²) in [6.45, 7) is 12.5. The van der Waals surface area contributed by atoms with Gasteiger partial charge in [0.25, 0.3) is 0 Å². The van der Waals surface area contributed by atoms with E-state index >= 15 is 0 Å². The molecular formula is C14H28Si. The molecular weight excluding hydrogens is 196 g/mol. The van der Waals surface area contributed by atoms with Crippen LogP contribution in [0.5, 0.6) is 0 Å². The van der Waals surface area contributed by atoms with Gasteiger partial charge in [-0.2, -0.15) is 0 Å². The van der Waals surface area contributed by atoms with E-state index in [0.29, 0.717) is 0 Å². The smallest absolute Gasteiger partial charge is 0.0973 e. The van der Waals surface area contributed by atoms with E-state index in [1.54, 1.807) is 0 Å². The van der Waals surface area contributed by atoms with Gasteiger partial charge >= 0.3 is 0 Å². The molecule has 0 aromatic rings. The molecule has 0 aliphatic heterocycles. The van der Waals surface area contributed by atoms with Crippen LogP contribution in [-0.2, 0) is 0 Å². The van der Waals surface area contributed by atoms with Gasteiger partial charge in [0.2, 0.25) is 0 Å². The van der Waals surface area contributed by atoms with E-state index in [-0.39, 0.29) is 0 Å². The third kappa shape index (κ3) is 7.61. The Balaban J connectivity index is 3.37. The average molecular weight is 224 g/mol. The van der Waals surface area contributed by atoms with Gasteiger partial charge in [0.15, 0.2) is 0 Å². The standard InChI is InChI=1S/C14H28Si/c1-5-8-9-10-11-12-13-14-15(4,6-2)7-3/h6-7H,2-3,5,8-14H2,1,4H3. The average Bonchev–Trinajstić information content (AvgIpc) is 2.27. The first-order chi connectivity index (χ1) is 7.18.